The highest BCUT2D eigenvalue weighted by Gasteiger charge is 2.19. The lowest BCUT2D eigenvalue weighted by Gasteiger charge is -2.18. The highest BCUT2D eigenvalue weighted by atomic mass is 16.6. The summed E-state index contributed by atoms with van der Waals surface area (Å²) >= 11 is 0. The van der Waals surface area contributed by atoms with E-state index in [9.17, 15) is 14.4 Å². The zero-order valence-electron chi connectivity index (χ0n) is 40.6. The lowest BCUT2D eigenvalue weighted by atomic mass is 10.0. The maximum absolute atomic E-state index is 12.8. The summed E-state index contributed by atoms with van der Waals surface area (Å²) in [5, 5.41) is 0. The first-order valence-corrected chi connectivity index (χ1v) is 25.9. The third-order valence-electron chi connectivity index (χ3n) is 10.9. The van der Waals surface area contributed by atoms with Crippen molar-refractivity contribution < 1.29 is 28.6 Å². The minimum Gasteiger partial charge on any atom is -0.462 e. The molecular formula is C56H96O6. The van der Waals surface area contributed by atoms with E-state index in [4.69, 9.17) is 14.2 Å². The van der Waals surface area contributed by atoms with Crippen molar-refractivity contribution >= 4 is 17.9 Å². The molecule has 0 amide bonds. The molecule has 62 heavy (non-hydrogen) atoms. The summed E-state index contributed by atoms with van der Waals surface area (Å²) in [6.45, 7) is 6.53. The Labute approximate surface area is 382 Å². The molecule has 0 saturated heterocycles. The summed E-state index contributed by atoms with van der Waals surface area (Å²) < 4.78 is 16.7. The number of carbonyl (C=O) groups is 3. The Bertz CT molecular complexity index is 1180. The summed E-state index contributed by atoms with van der Waals surface area (Å²) in [4.78, 5) is 37.9. The van der Waals surface area contributed by atoms with E-state index in [1.807, 2.05) is 0 Å². The number of ether oxygens (including phenoxy) is 3. The predicted molar refractivity (Wildman–Crippen MR) is 265 cm³/mol. The Morgan fingerprint density at radius 1 is 0.323 bits per heavy atom. The zero-order chi connectivity index (χ0) is 45.1. The molecule has 0 aliphatic heterocycles. The van der Waals surface area contributed by atoms with Crippen molar-refractivity contribution in [2.24, 2.45) is 0 Å². The molecule has 1 atom stereocenters. The molecule has 6 nitrogen and oxygen atoms in total. The van der Waals surface area contributed by atoms with Crippen LogP contribution in [-0.4, -0.2) is 37.2 Å². The largest absolute Gasteiger partial charge is 0.462 e. The second kappa shape index (κ2) is 50.5. The molecule has 0 aliphatic rings. The first-order chi connectivity index (χ1) is 30.5. The van der Waals surface area contributed by atoms with Gasteiger partial charge in [0.15, 0.2) is 6.10 Å². The van der Waals surface area contributed by atoms with Gasteiger partial charge in [-0.3, -0.25) is 14.4 Å². The molecule has 0 aromatic heterocycles. The van der Waals surface area contributed by atoms with Gasteiger partial charge in [-0.05, 0) is 96.3 Å². The topological polar surface area (TPSA) is 78.9 Å². The highest BCUT2D eigenvalue weighted by Crippen LogP contribution is 2.14. The van der Waals surface area contributed by atoms with Gasteiger partial charge in [0.25, 0.3) is 0 Å². The van der Waals surface area contributed by atoms with Crippen LogP contribution in [0.25, 0.3) is 0 Å². The number of allylic oxidation sites excluding steroid dienone is 12. The smallest absolute Gasteiger partial charge is 0.306 e. The van der Waals surface area contributed by atoms with Crippen LogP contribution in [0.3, 0.4) is 0 Å². The number of rotatable bonds is 46. The van der Waals surface area contributed by atoms with E-state index < -0.39 is 6.10 Å². The van der Waals surface area contributed by atoms with Gasteiger partial charge in [-0.1, -0.05) is 203 Å². The molecule has 0 unspecified atom stereocenters. The van der Waals surface area contributed by atoms with Gasteiger partial charge >= 0.3 is 17.9 Å². The maximum atomic E-state index is 12.8. The van der Waals surface area contributed by atoms with Crippen LogP contribution in [0.1, 0.15) is 245 Å². The molecule has 0 bridgehead atoms. The van der Waals surface area contributed by atoms with Crippen LogP contribution >= 0.6 is 0 Å². The summed E-state index contributed by atoms with van der Waals surface area (Å²) in [5.41, 5.74) is 0. The fraction of sp³-hybridized carbons (Fsp3) is 0.732. The molecule has 0 heterocycles. The van der Waals surface area contributed by atoms with Crippen LogP contribution in [0.4, 0.5) is 0 Å². The molecule has 0 aromatic carbocycles. The van der Waals surface area contributed by atoms with Crippen LogP contribution in [0.15, 0.2) is 72.9 Å². The molecule has 6 heteroatoms. The van der Waals surface area contributed by atoms with Crippen molar-refractivity contribution in [3.63, 3.8) is 0 Å². The molecule has 0 aromatic rings. The Balaban J connectivity index is 4.48. The lowest BCUT2D eigenvalue weighted by Crippen LogP contribution is -2.30. The Morgan fingerprint density at radius 2 is 0.581 bits per heavy atom. The zero-order valence-corrected chi connectivity index (χ0v) is 40.6. The normalized spacial score (nSPS) is 12.6. The first kappa shape index (κ1) is 58.9. The quantitative estimate of drug-likeness (QED) is 0.0262. The van der Waals surface area contributed by atoms with Crippen LogP contribution in [0.2, 0.25) is 0 Å². The number of unbranched alkanes of at least 4 members (excludes halogenated alkanes) is 23. The van der Waals surface area contributed by atoms with Crippen molar-refractivity contribution in [2.45, 2.75) is 252 Å². The SMILES string of the molecule is CCCCC/C=C\C/C=C\C/C=C\CCCCCCC(=O)OC[C@H](COC(=O)CCCCCCCCCCCCCC)OC(=O)CCCC/C=C\C/C=C\C/C=C\CCCCC. The fourth-order valence-electron chi connectivity index (χ4n) is 6.98. The third-order valence-corrected chi connectivity index (χ3v) is 10.9. The van der Waals surface area contributed by atoms with E-state index in [2.05, 4.69) is 93.7 Å². The Hall–Kier alpha value is -3.15. The Morgan fingerprint density at radius 3 is 0.968 bits per heavy atom. The minimum absolute atomic E-state index is 0.0967. The van der Waals surface area contributed by atoms with E-state index in [0.29, 0.717) is 19.3 Å². The maximum Gasteiger partial charge on any atom is 0.306 e. The van der Waals surface area contributed by atoms with Crippen molar-refractivity contribution in [1.82, 2.24) is 0 Å². The van der Waals surface area contributed by atoms with Gasteiger partial charge in [0.2, 0.25) is 0 Å². The lowest BCUT2D eigenvalue weighted by molar-refractivity contribution is -0.167. The van der Waals surface area contributed by atoms with E-state index in [0.717, 1.165) is 89.9 Å². The average molecular weight is 865 g/mol. The second-order valence-corrected chi connectivity index (χ2v) is 17.1. The number of esters is 3. The van der Waals surface area contributed by atoms with Crippen molar-refractivity contribution in [3.8, 4) is 0 Å². The van der Waals surface area contributed by atoms with Crippen LogP contribution in [0.5, 0.6) is 0 Å². The summed E-state index contributed by atoms with van der Waals surface area (Å²) in [7, 11) is 0. The number of carbonyl (C=O) groups excluding carboxylic acids is 3. The van der Waals surface area contributed by atoms with E-state index in [1.165, 1.54) is 109 Å². The molecule has 0 spiro atoms. The first-order valence-electron chi connectivity index (χ1n) is 25.9. The molecule has 0 radical (unpaired) electrons. The highest BCUT2D eigenvalue weighted by molar-refractivity contribution is 5.71. The van der Waals surface area contributed by atoms with Gasteiger partial charge in [0.1, 0.15) is 13.2 Å². The van der Waals surface area contributed by atoms with Gasteiger partial charge in [-0.25, -0.2) is 0 Å². The number of hydrogen-bond acceptors (Lipinski definition) is 6. The monoisotopic (exact) mass is 865 g/mol. The molecule has 356 valence electrons. The van der Waals surface area contributed by atoms with Gasteiger partial charge < -0.3 is 14.2 Å². The van der Waals surface area contributed by atoms with E-state index in [1.54, 1.807) is 0 Å². The summed E-state index contributed by atoms with van der Waals surface area (Å²) in [6, 6.07) is 0. The van der Waals surface area contributed by atoms with E-state index in [-0.39, 0.29) is 37.5 Å². The summed E-state index contributed by atoms with van der Waals surface area (Å²) in [5.74, 6) is -0.956. The third kappa shape index (κ3) is 47.9. The van der Waals surface area contributed by atoms with Crippen LogP contribution in [-0.2, 0) is 28.6 Å². The predicted octanol–water partition coefficient (Wildman–Crippen LogP) is 17.0. The standard InChI is InChI=1S/C56H96O6/c1-4-7-10-13-16-19-22-25-27-28-30-31-34-37-40-43-46-49-55(58)61-52-53(51-60-54(57)48-45-42-39-36-33-24-21-18-15-12-9-6-3)62-56(59)50-47-44-41-38-35-32-29-26-23-20-17-14-11-8-5-2/h16-17,19-20,25-27,29-31,35,38,53H,4-15,18,21-24,28,32-34,36-37,39-52H2,1-3H3/b19-16-,20-17-,27-25-,29-26-,31-30-,38-35-/t53-/m0/s1. The second-order valence-electron chi connectivity index (χ2n) is 17.1. The van der Waals surface area contributed by atoms with Gasteiger partial charge in [-0.15, -0.1) is 0 Å². The van der Waals surface area contributed by atoms with Gasteiger partial charge in [0, 0.05) is 19.3 Å². The van der Waals surface area contributed by atoms with E-state index >= 15 is 0 Å². The van der Waals surface area contributed by atoms with Crippen LogP contribution < -0.4 is 0 Å². The molecule has 0 saturated carbocycles. The van der Waals surface area contributed by atoms with Crippen molar-refractivity contribution in [2.75, 3.05) is 13.2 Å². The van der Waals surface area contributed by atoms with Gasteiger partial charge in [0.05, 0.1) is 0 Å². The molecule has 0 aliphatic carbocycles. The molecule has 0 fully saturated rings. The average Bonchev–Trinajstić information content (AvgIpc) is 3.27. The fourth-order valence-corrected chi connectivity index (χ4v) is 6.98. The Kier molecular flexibility index (Phi) is 47.9. The number of hydrogen-bond donors (Lipinski definition) is 0. The van der Waals surface area contributed by atoms with Crippen molar-refractivity contribution in [1.29, 1.82) is 0 Å². The minimum atomic E-state index is -0.802. The van der Waals surface area contributed by atoms with Gasteiger partial charge in [-0.2, -0.15) is 0 Å². The van der Waals surface area contributed by atoms with Crippen LogP contribution in [0, 0.1) is 0 Å². The van der Waals surface area contributed by atoms with Crippen molar-refractivity contribution in [3.05, 3.63) is 72.9 Å². The molecule has 0 N–H and O–H groups in total. The molecular weight excluding hydrogens is 769 g/mol. The molecule has 0 rings (SSSR count). The summed E-state index contributed by atoms with van der Waals surface area (Å²) in [6.07, 6.45) is 63.1.